The molecule has 0 aromatic carbocycles. The number of hydrogen-bond acceptors (Lipinski definition) is 5. The highest BCUT2D eigenvalue weighted by Gasteiger charge is 2.47. The van der Waals surface area contributed by atoms with E-state index in [4.69, 9.17) is 4.74 Å². The van der Waals surface area contributed by atoms with Gasteiger partial charge in [-0.15, -0.1) is 0 Å². The Morgan fingerprint density at radius 1 is 1.19 bits per heavy atom. The van der Waals surface area contributed by atoms with Crippen LogP contribution in [-0.2, 0) is 25.7 Å². The molecule has 0 atom stereocenters. The average Bonchev–Trinajstić information content (AvgIpc) is 2.88. The zero-order valence-electron chi connectivity index (χ0n) is 20.5. The third-order valence-corrected chi connectivity index (χ3v) is 5.85. The summed E-state index contributed by atoms with van der Waals surface area (Å²) in [6.45, 7) is 15.9. The number of carbonyl (C=O) groups is 3. The molecule has 0 unspecified atom stereocenters. The first-order chi connectivity index (χ1) is 14.7. The molecule has 7 heteroatoms. The van der Waals surface area contributed by atoms with Crippen LogP contribution < -0.4 is 0 Å². The molecule has 1 fully saturated rings. The number of rotatable bonds is 6. The van der Waals surface area contributed by atoms with E-state index in [9.17, 15) is 19.6 Å². The SMILES string of the molecule is Cc1cc(/C=C(\C#N)C(=O)OCC(=O)N2C(C)(C)CC(=O)CC2(C)C)c(C)n1CC(C)C. The highest BCUT2D eigenvalue weighted by Crippen LogP contribution is 2.36. The molecule has 1 aromatic heterocycles. The van der Waals surface area contributed by atoms with Crippen LogP contribution >= 0.6 is 0 Å². The van der Waals surface area contributed by atoms with E-state index in [-0.39, 0.29) is 30.1 Å². The van der Waals surface area contributed by atoms with Crippen LogP contribution in [0, 0.1) is 31.1 Å². The Morgan fingerprint density at radius 3 is 2.25 bits per heavy atom. The average molecular weight is 442 g/mol. The Kier molecular flexibility index (Phi) is 7.39. The van der Waals surface area contributed by atoms with Gasteiger partial charge < -0.3 is 14.2 Å². The van der Waals surface area contributed by atoms with Gasteiger partial charge in [0.1, 0.15) is 17.4 Å². The van der Waals surface area contributed by atoms with Gasteiger partial charge in [-0.3, -0.25) is 9.59 Å². The molecule has 0 N–H and O–H groups in total. The minimum atomic E-state index is -0.835. The molecule has 1 amide bonds. The van der Waals surface area contributed by atoms with Crippen molar-refractivity contribution in [1.29, 1.82) is 5.26 Å². The fourth-order valence-corrected chi connectivity index (χ4v) is 4.86. The van der Waals surface area contributed by atoms with E-state index in [1.54, 1.807) is 4.90 Å². The van der Waals surface area contributed by atoms with E-state index in [1.807, 2.05) is 53.7 Å². The van der Waals surface area contributed by atoms with Gasteiger partial charge in [0.2, 0.25) is 0 Å². The Balaban J connectivity index is 2.17. The number of hydrogen-bond donors (Lipinski definition) is 0. The number of ketones is 1. The standard InChI is InChI=1S/C25H35N3O4/c1-16(2)14-27-17(3)9-19(18(27)4)10-20(13-26)23(31)32-15-22(30)28-24(5,6)11-21(29)12-25(28,7)8/h9-10,16H,11-12,14-15H2,1-8H3/b20-10+. The lowest BCUT2D eigenvalue weighted by Crippen LogP contribution is -2.63. The maximum absolute atomic E-state index is 12.9. The molecule has 0 saturated carbocycles. The van der Waals surface area contributed by atoms with Crippen molar-refractivity contribution in [2.24, 2.45) is 5.92 Å². The van der Waals surface area contributed by atoms with E-state index in [2.05, 4.69) is 18.4 Å². The van der Waals surface area contributed by atoms with Crippen molar-refractivity contribution >= 4 is 23.7 Å². The monoisotopic (exact) mass is 441 g/mol. The predicted molar refractivity (Wildman–Crippen MR) is 123 cm³/mol. The number of nitrogens with zero attached hydrogens (tertiary/aromatic N) is 3. The molecule has 1 aromatic rings. The Morgan fingerprint density at radius 2 is 1.75 bits per heavy atom. The minimum absolute atomic E-state index is 0.103. The van der Waals surface area contributed by atoms with E-state index in [0.717, 1.165) is 23.5 Å². The Hall–Kier alpha value is -2.88. The van der Waals surface area contributed by atoms with Crippen LogP contribution in [0.4, 0.5) is 0 Å². The number of aromatic nitrogens is 1. The summed E-state index contributed by atoms with van der Waals surface area (Å²) in [6, 6.07) is 3.83. The fourth-order valence-electron chi connectivity index (χ4n) is 4.86. The molecule has 2 rings (SSSR count). The van der Waals surface area contributed by atoms with Crippen molar-refractivity contribution in [1.82, 2.24) is 9.47 Å². The fraction of sp³-hybridized carbons (Fsp3) is 0.600. The molecule has 0 radical (unpaired) electrons. The van der Waals surface area contributed by atoms with Crippen LogP contribution in [0.25, 0.3) is 6.08 Å². The van der Waals surface area contributed by atoms with Gasteiger partial charge in [0.15, 0.2) is 6.61 Å². The molecule has 174 valence electrons. The van der Waals surface area contributed by atoms with Crippen LogP contribution in [0.5, 0.6) is 0 Å². The van der Waals surface area contributed by atoms with Gasteiger partial charge in [-0.25, -0.2) is 4.79 Å². The van der Waals surface area contributed by atoms with Crippen molar-refractivity contribution in [3.05, 3.63) is 28.6 Å². The first-order valence-electron chi connectivity index (χ1n) is 11.0. The van der Waals surface area contributed by atoms with Crippen molar-refractivity contribution in [3.63, 3.8) is 0 Å². The Bertz CT molecular complexity index is 970. The summed E-state index contributed by atoms with van der Waals surface area (Å²) in [7, 11) is 0. The summed E-state index contributed by atoms with van der Waals surface area (Å²) < 4.78 is 7.38. The molecule has 1 aliphatic heterocycles. The summed E-state index contributed by atoms with van der Waals surface area (Å²) in [5.41, 5.74) is 1.28. The minimum Gasteiger partial charge on any atom is -0.451 e. The van der Waals surface area contributed by atoms with Gasteiger partial charge in [-0.2, -0.15) is 5.26 Å². The van der Waals surface area contributed by atoms with Crippen molar-refractivity contribution in [2.45, 2.75) is 85.9 Å². The van der Waals surface area contributed by atoms with Crippen molar-refractivity contribution in [3.8, 4) is 6.07 Å². The van der Waals surface area contributed by atoms with Gasteiger partial charge in [0.05, 0.1) is 0 Å². The van der Waals surface area contributed by atoms with E-state index in [1.165, 1.54) is 6.08 Å². The topological polar surface area (TPSA) is 92.4 Å². The third-order valence-electron chi connectivity index (χ3n) is 5.85. The van der Waals surface area contributed by atoms with Gasteiger partial charge >= 0.3 is 5.97 Å². The number of nitriles is 1. The van der Waals surface area contributed by atoms with Crippen molar-refractivity contribution in [2.75, 3.05) is 6.61 Å². The van der Waals surface area contributed by atoms with Crippen molar-refractivity contribution < 1.29 is 19.1 Å². The normalized spacial score (nSPS) is 17.9. The van der Waals surface area contributed by atoms with Crippen LogP contribution in [0.1, 0.15) is 71.3 Å². The quantitative estimate of drug-likeness (QED) is 0.378. The van der Waals surface area contributed by atoms with Gasteiger partial charge in [-0.1, -0.05) is 13.8 Å². The molecule has 1 saturated heterocycles. The molecule has 7 nitrogen and oxygen atoms in total. The summed E-state index contributed by atoms with van der Waals surface area (Å²) >= 11 is 0. The smallest absolute Gasteiger partial charge is 0.349 e. The second-order valence-electron chi connectivity index (χ2n) is 10.3. The molecule has 2 heterocycles. The maximum Gasteiger partial charge on any atom is 0.349 e. The number of aryl methyl sites for hydroxylation is 1. The number of likely N-dealkylation sites (tertiary alicyclic amines) is 1. The first-order valence-corrected chi connectivity index (χ1v) is 11.0. The van der Waals surface area contributed by atoms with Gasteiger partial charge in [-0.05, 0) is 65.2 Å². The molecule has 0 aliphatic carbocycles. The highest BCUT2D eigenvalue weighted by atomic mass is 16.5. The first kappa shape index (κ1) is 25.4. The van der Waals surface area contributed by atoms with E-state index < -0.39 is 23.7 Å². The van der Waals surface area contributed by atoms with Crippen LogP contribution in [0.3, 0.4) is 0 Å². The van der Waals surface area contributed by atoms with Crippen LogP contribution in [-0.4, -0.2) is 44.8 Å². The maximum atomic E-state index is 12.9. The summed E-state index contributed by atoms with van der Waals surface area (Å²) in [5.74, 6) is -0.654. The molecular weight excluding hydrogens is 406 g/mol. The lowest BCUT2D eigenvalue weighted by molar-refractivity contribution is -0.162. The third kappa shape index (κ3) is 5.48. The van der Waals surface area contributed by atoms with Crippen LogP contribution in [0.2, 0.25) is 0 Å². The second-order valence-corrected chi connectivity index (χ2v) is 10.3. The highest BCUT2D eigenvalue weighted by molar-refractivity contribution is 5.99. The number of amides is 1. The zero-order chi connectivity index (χ0) is 24.4. The van der Waals surface area contributed by atoms with Crippen LogP contribution in [0.15, 0.2) is 11.6 Å². The van der Waals surface area contributed by atoms with E-state index in [0.29, 0.717) is 5.92 Å². The molecule has 1 aliphatic rings. The summed E-state index contributed by atoms with van der Waals surface area (Å²) in [6.07, 6.45) is 2.02. The molecule has 0 bridgehead atoms. The molecule has 32 heavy (non-hydrogen) atoms. The largest absolute Gasteiger partial charge is 0.451 e. The zero-order valence-corrected chi connectivity index (χ0v) is 20.5. The lowest BCUT2D eigenvalue weighted by atomic mass is 9.79. The number of piperidine rings is 1. The van der Waals surface area contributed by atoms with E-state index >= 15 is 0 Å². The molecule has 0 spiro atoms. The number of Topliss-reactive ketones (excluding diaryl/α,β-unsaturated/α-hetero) is 1. The Labute approximate surface area is 191 Å². The predicted octanol–water partition coefficient (Wildman–Crippen LogP) is 3.96. The summed E-state index contributed by atoms with van der Waals surface area (Å²) in [4.78, 5) is 39.2. The molecular formula is C25H35N3O4. The lowest BCUT2D eigenvalue weighted by Gasteiger charge is -2.51. The number of ether oxygens (including phenoxy) is 1. The number of carbonyl (C=O) groups excluding carboxylic acids is 3. The second kappa shape index (κ2) is 9.32. The van der Waals surface area contributed by atoms with Gasteiger partial charge in [0.25, 0.3) is 5.91 Å². The number of esters is 1. The summed E-state index contributed by atoms with van der Waals surface area (Å²) in [5, 5.41) is 9.52. The van der Waals surface area contributed by atoms with Gasteiger partial charge in [0, 0.05) is 41.9 Å².